The maximum absolute atomic E-state index is 12.7. The Hall–Kier alpha value is -0.740. The number of benzene rings is 1. The number of nitrogens with one attached hydrogen (secondary N) is 1. The molecule has 142 valence electrons. The highest BCUT2D eigenvalue weighted by Crippen LogP contribution is 2.24. The number of rotatable bonds is 7. The summed E-state index contributed by atoms with van der Waals surface area (Å²) in [7, 11) is -0.414. The zero-order chi connectivity index (χ0) is 18.7. The van der Waals surface area contributed by atoms with Gasteiger partial charge in [-0.3, -0.25) is 4.90 Å². The Bertz CT molecular complexity index is 700. The van der Waals surface area contributed by atoms with E-state index in [1.165, 1.54) is 19.2 Å². The van der Waals surface area contributed by atoms with Crippen LogP contribution in [-0.4, -0.2) is 70.5 Å². The molecule has 1 aromatic carbocycles. The number of likely N-dealkylation sites (N-methyl/N-ethyl adjacent to an activating group) is 1. The molecule has 1 aliphatic heterocycles. The topological polar surface area (TPSA) is 88.1 Å². The molecule has 1 aliphatic rings. The molecule has 9 heteroatoms. The van der Waals surface area contributed by atoms with E-state index in [-0.39, 0.29) is 37.3 Å². The summed E-state index contributed by atoms with van der Waals surface area (Å²) >= 11 is 6.02. The van der Waals surface area contributed by atoms with Gasteiger partial charge >= 0.3 is 0 Å². The fraction of sp³-hybridized carbons (Fsp3) is 0.625. The molecule has 1 heterocycles. The van der Waals surface area contributed by atoms with Gasteiger partial charge in [0, 0.05) is 24.7 Å². The van der Waals surface area contributed by atoms with Gasteiger partial charge < -0.3 is 14.6 Å². The number of hydrogen-bond acceptors (Lipinski definition) is 6. The number of hydrogen-bond donors (Lipinski definition) is 2. The second-order valence-electron chi connectivity index (χ2n) is 6.41. The summed E-state index contributed by atoms with van der Waals surface area (Å²) in [5, 5.41) is 10.2. The Morgan fingerprint density at radius 3 is 2.84 bits per heavy atom. The molecule has 2 rings (SSSR count). The van der Waals surface area contributed by atoms with Crippen molar-refractivity contribution in [1.29, 1.82) is 0 Å². The van der Waals surface area contributed by atoms with Crippen LogP contribution in [0, 0.1) is 0 Å². The average molecular weight is 393 g/mol. The quantitative estimate of drug-likeness (QED) is 0.715. The van der Waals surface area contributed by atoms with E-state index in [4.69, 9.17) is 21.1 Å². The van der Waals surface area contributed by atoms with Gasteiger partial charge in [-0.25, -0.2) is 13.1 Å². The summed E-state index contributed by atoms with van der Waals surface area (Å²) in [6.07, 6.45) is 0. The number of morpholine rings is 1. The second-order valence-corrected chi connectivity index (χ2v) is 8.61. The van der Waals surface area contributed by atoms with Gasteiger partial charge in [0.25, 0.3) is 0 Å². The minimum absolute atomic E-state index is 0.0266. The number of ether oxygens (including phenoxy) is 2. The van der Waals surface area contributed by atoms with E-state index in [0.29, 0.717) is 17.2 Å². The van der Waals surface area contributed by atoms with Crippen LogP contribution in [0.1, 0.15) is 12.5 Å². The van der Waals surface area contributed by atoms with Crippen LogP contribution in [0.15, 0.2) is 23.1 Å². The molecule has 1 fully saturated rings. The Kier molecular flexibility index (Phi) is 6.83. The molecule has 7 nitrogen and oxygen atoms in total. The van der Waals surface area contributed by atoms with Gasteiger partial charge in [-0.05, 0) is 37.7 Å². The number of methoxy groups -OCH3 is 1. The maximum Gasteiger partial charge on any atom is 0.240 e. The fourth-order valence-electron chi connectivity index (χ4n) is 2.83. The highest BCUT2D eigenvalue weighted by atomic mass is 35.5. The van der Waals surface area contributed by atoms with Gasteiger partial charge in [0.1, 0.15) is 0 Å². The fourth-order valence-corrected chi connectivity index (χ4v) is 4.36. The summed E-state index contributed by atoms with van der Waals surface area (Å²) in [5.74, 6) is 0. The molecule has 1 aromatic rings. The van der Waals surface area contributed by atoms with Crippen molar-refractivity contribution in [3.63, 3.8) is 0 Å². The van der Waals surface area contributed by atoms with Crippen LogP contribution in [0.4, 0.5) is 0 Å². The van der Waals surface area contributed by atoms with Crippen molar-refractivity contribution < 1.29 is 23.0 Å². The lowest BCUT2D eigenvalue weighted by molar-refractivity contribution is -0.104. The summed E-state index contributed by atoms with van der Waals surface area (Å²) in [4.78, 5) is 2.01. The van der Waals surface area contributed by atoms with Crippen LogP contribution in [0.5, 0.6) is 0 Å². The monoisotopic (exact) mass is 392 g/mol. The highest BCUT2D eigenvalue weighted by Gasteiger charge is 2.41. The van der Waals surface area contributed by atoms with Gasteiger partial charge in [-0.2, -0.15) is 0 Å². The molecule has 0 bridgehead atoms. The first-order chi connectivity index (χ1) is 11.7. The number of aliphatic hydroxyl groups excluding tert-OH is 1. The summed E-state index contributed by atoms with van der Waals surface area (Å²) in [6, 6.07) is 4.64. The van der Waals surface area contributed by atoms with Crippen molar-refractivity contribution in [1.82, 2.24) is 9.62 Å². The molecule has 0 radical (unpaired) electrons. The van der Waals surface area contributed by atoms with E-state index in [1.807, 2.05) is 18.9 Å². The zero-order valence-electron chi connectivity index (χ0n) is 14.7. The van der Waals surface area contributed by atoms with Gasteiger partial charge in [-0.1, -0.05) is 11.6 Å². The van der Waals surface area contributed by atoms with E-state index in [0.717, 1.165) is 0 Å². The van der Waals surface area contributed by atoms with Gasteiger partial charge in [-0.15, -0.1) is 0 Å². The van der Waals surface area contributed by atoms with E-state index in [2.05, 4.69) is 4.72 Å². The van der Waals surface area contributed by atoms with E-state index >= 15 is 0 Å². The Balaban J connectivity index is 2.21. The van der Waals surface area contributed by atoms with Crippen molar-refractivity contribution in [3.05, 3.63) is 28.8 Å². The minimum atomic E-state index is -3.80. The SMILES string of the molecule is COCc1cc(Cl)cc(S(=O)(=O)NC[C@]2(CO)COC[C@@H](C)N2C)c1. The van der Waals surface area contributed by atoms with Crippen molar-refractivity contribution in [2.75, 3.05) is 40.5 Å². The van der Waals surface area contributed by atoms with Gasteiger partial charge in [0.2, 0.25) is 10.0 Å². The third-order valence-corrected chi connectivity index (χ3v) is 6.18. The first-order valence-electron chi connectivity index (χ1n) is 7.94. The van der Waals surface area contributed by atoms with Crippen LogP contribution in [0.2, 0.25) is 5.02 Å². The Labute approximate surface area is 153 Å². The van der Waals surface area contributed by atoms with Crippen molar-refractivity contribution in [2.24, 2.45) is 0 Å². The largest absolute Gasteiger partial charge is 0.394 e. The molecule has 1 saturated heterocycles. The third kappa shape index (κ3) is 4.71. The van der Waals surface area contributed by atoms with E-state index in [1.54, 1.807) is 6.07 Å². The van der Waals surface area contributed by atoms with Crippen LogP contribution in [0.3, 0.4) is 0 Å². The van der Waals surface area contributed by atoms with Crippen LogP contribution < -0.4 is 4.72 Å². The molecule has 0 amide bonds. The lowest BCUT2D eigenvalue weighted by Crippen LogP contribution is -2.65. The van der Waals surface area contributed by atoms with Crippen molar-refractivity contribution in [2.45, 2.75) is 30.0 Å². The van der Waals surface area contributed by atoms with Gasteiger partial charge in [0.05, 0.1) is 36.9 Å². The van der Waals surface area contributed by atoms with E-state index < -0.39 is 15.6 Å². The molecule has 0 aromatic heterocycles. The number of aliphatic hydroxyl groups is 1. The Morgan fingerprint density at radius 1 is 1.48 bits per heavy atom. The van der Waals surface area contributed by atoms with Crippen LogP contribution in [-0.2, 0) is 26.1 Å². The minimum Gasteiger partial charge on any atom is -0.394 e. The summed E-state index contributed by atoms with van der Waals surface area (Å²) in [5.41, 5.74) is -0.141. The lowest BCUT2D eigenvalue weighted by atomic mass is 9.96. The molecular formula is C16H25ClN2O5S. The van der Waals surface area contributed by atoms with Crippen LogP contribution >= 0.6 is 11.6 Å². The number of sulfonamides is 1. The second kappa shape index (κ2) is 8.30. The normalized spacial score (nSPS) is 25.2. The molecule has 25 heavy (non-hydrogen) atoms. The summed E-state index contributed by atoms with van der Waals surface area (Å²) in [6.45, 7) is 2.82. The molecule has 2 atom stereocenters. The highest BCUT2D eigenvalue weighted by molar-refractivity contribution is 7.89. The van der Waals surface area contributed by atoms with Crippen molar-refractivity contribution >= 4 is 21.6 Å². The zero-order valence-corrected chi connectivity index (χ0v) is 16.2. The molecular weight excluding hydrogens is 368 g/mol. The molecule has 0 unspecified atom stereocenters. The lowest BCUT2D eigenvalue weighted by Gasteiger charge is -2.47. The predicted molar refractivity (Wildman–Crippen MR) is 95.2 cm³/mol. The standard InChI is InChI=1S/C16H25ClN2O5S/c1-12-7-24-11-16(10-20,19(12)2)9-18-25(21,22)15-5-13(8-23-3)4-14(17)6-15/h4-6,12,18,20H,7-11H2,1-3H3/t12-,16+/m1/s1. The molecule has 2 N–H and O–H groups in total. The number of halogens is 1. The average Bonchev–Trinajstić information content (AvgIpc) is 2.56. The van der Waals surface area contributed by atoms with E-state index in [9.17, 15) is 13.5 Å². The van der Waals surface area contributed by atoms with Crippen molar-refractivity contribution in [3.8, 4) is 0 Å². The maximum atomic E-state index is 12.7. The smallest absolute Gasteiger partial charge is 0.240 e. The third-order valence-electron chi connectivity index (χ3n) is 4.58. The first kappa shape index (κ1) is 20.6. The van der Waals surface area contributed by atoms with Crippen LogP contribution in [0.25, 0.3) is 0 Å². The summed E-state index contributed by atoms with van der Waals surface area (Å²) < 4.78 is 38.5. The molecule has 0 saturated carbocycles. The molecule has 0 aliphatic carbocycles. The molecule has 0 spiro atoms. The predicted octanol–water partition coefficient (Wildman–Crippen LogP) is 0.846. The van der Waals surface area contributed by atoms with Gasteiger partial charge in [0.15, 0.2) is 0 Å². The first-order valence-corrected chi connectivity index (χ1v) is 9.80. The number of nitrogens with zero attached hydrogens (tertiary/aromatic N) is 1. The Morgan fingerprint density at radius 2 is 2.20 bits per heavy atom.